The lowest BCUT2D eigenvalue weighted by molar-refractivity contribution is 0.130. The van der Waals surface area contributed by atoms with E-state index in [4.69, 9.17) is 0 Å². The van der Waals surface area contributed by atoms with Crippen LogP contribution in [0.3, 0.4) is 0 Å². The van der Waals surface area contributed by atoms with Crippen LogP contribution in [-0.2, 0) is 0 Å². The van der Waals surface area contributed by atoms with Gasteiger partial charge in [0.25, 0.3) is 0 Å². The summed E-state index contributed by atoms with van der Waals surface area (Å²) in [5.41, 5.74) is 3.03. The van der Waals surface area contributed by atoms with Crippen molar-refractivity contribution in [2.45, 2.75) is 45.2 Å². The van der Waals surface area contributed by atoms with Crippen LogP contribution < -0.4 is 5.32 Å². The van der Waals surface area contributed by atoms with Crippen LogP contribution in [0, 0.1) is 0 Å². The Morgan fingerprint density at radius 3 is 2.67 bits per heavy atom. The molecule has 1 aliphatic carbocycles. The van der Waals surface area contributed by atoms with Crippen molar-refractivity contribution in [3.63, 3.8) is 0 Å². The second kappa shape index (κ2) is 4.68. The molecule has 0 aromatic carbocycles. The van der Waals surface area contributed by atoms with E-state index in [-0.39, 0.29) is 5.54 Å². The standard InChI is InChI=1S/C16H24N2/c1-12-8-6-7-9-14(10-12)15-11-16(3,4)18(5)13(2)17-15/h6-9,15,17H,2,10-11H2,1,3-5H3. The Bertz CT molecular complexity index is 438. The third-order valence-electron chi connectivity index (χ3n) is 4.09. The first-order valence-corrected chi connectivity index (χ1v) is 6.62. The van der Waals surface area contributed by atoms with E-state index in [1.54, 1.807) is 0 Å². The van der Waals surface area contributed by atoms with Crippen molar-refractivity contribution < 1.29 is 0 Å². The fourth-order valence-electron chi connectivity index (χ4n) is 2.65. The number of allylic oxidation sites excluding steroid dienone is 5. The van der Waals surface area contributed by atoms with Gasteiger partial charge in [0.1, 0.15) is 0 Å². The summed E-state index contributed by atoms with van der Waals surface area (Å²) in [5, 5.41) is 3.54. The lowest BCUT2D eigenvalue weighted by Gasteiger charge is -2.47. The zero-order chi connectivity index (χ0) is 13.3. The Morgan fingerprint density at radius 1 is 1.33 bits per heavy atom. The van der Waals surface area contributed by atoms with E-state index in [1.807, 2.05) is 0 Å². The van der Waals surface area contributed by atoms with E-state index in [9.17, 15) is 0 Å². The first kappa shape index (κ1) is 13.0. The summed E-state index contributed by atoms with van der Waals surface area (Å²) < 4.78 is 0. The van der Waals surface area contributed by atoms with Gasteiger partial charge in [-0.1, -0.05) is 36.5 Å². The molecule has 1 N–H and O–H groups in total. The summed E-state index contributed by atoms with van der Waals surface area (Å²) in [5.74, 6) is 1.02. The molecule has 1 heterocycles. The molecule has 1 fully saturated rings. The summed E-state index contributed by atoms with van der Waals surface area (Å²) in [4.78, 5) is 2.24. The molecule has 2 nitrogen and oxygen atoms in total. The van der Waals surface area contributed by atoms with Crippen molar-refractivity contribution >= 4 is 0 Å². The lowest BCUT2D eigenvalue weighted by atomic mass is 9.85. The van der Waals surface area contributed by atoms with Gasteiger partial charge >= 0.3 is 0 Å². The van der Waals surface area contributed by atoms with Crippen LogP contribution in [0.1, 0.15) is 33.6 Å². The molecule has 0 bridgehead atoms. The van der Waals surface area contributed by atoms with E-state index in [2.05, 4.69) is 68.9 Å². The maximum absolute atomic E-state index is 4.13. The highest BCUT2D eigenvalue weighted by molar-refractivity contribution is 5.32. The third kappa shape index (κ3) is 2.53. The predicted octanol–water partition coefficient (Wildman–Crippen LogP) is 3.36. The quantitative estimate of drug-likeness (QED) is 0.761. The van der Waals surface area contributed by atoms with Crippen LogP contribution in [0.2, 0.25) is 0 Å². The topological polar surface area (TPSA) is 15.3 Å². The zero-order valence-corrected chi connectivity index (χ0v) is 12.0. The minimum atomic E-state index is 0.154. The molecular formula is C16H24N2. The Balaban J connectivity index is 2.20. The molecule has 0 aromatic rings. The van der Waals surface area contributed by atoms with Gasteiger partial charge < -0.3 is 10.2 Å². The van der Waals surface area contributed by atoms with Crippen molar-refractivity contribution in [3.05, 3.63) is 47.9 Å². The van der Waals surface area contributed by atoms with Crippen LogP contribution in [0.25, 0.3) is 0 Å². The van der Waals surface area contributed by atoms with Gasteiger partial charge in [0, 0.05) is 12.6 Å². The molecule has 0 saturated carbocycles. The Labute approximate surface area is 111 Å². The van der Waals surface area contributed by atoms with Crippen LogP contribution in [0.5, 0.6) is 0 Å². The molecule has 2 heteroatoms. The smallest absolute Gasteiger partial charge is 0.0945 e. The molecule has 1 saturated heterocycles. The highest BCUT2D eigenvalue weighted by Gasteiger charge is 2.35. The van der Waals surface area contributed by atoms with Gasteiger partial charge in [0.05, 0.1) is 11.9 Å². The third-order valence-corrected chi connectivity index (χ3v) is 4.09. The van der Waals surface area contributed by atoms with E-state index in [0.29, 0.717) is 6.04 Å². The largest absolute Gasteiger partial charge is 0.366 e. The molecule has 2 rings (SSSR count). The zero-order valence-electron chi connectivity index (χ0n) is 12.0. The first-order chi connectivity index (χ1) is 8.40. The average molecular weight is 244 g/mol. The summed E-state index contributed by atoms with van der Waals surface area (Å²) >= 11 is 0. The van der Waals surface area contributed by atoms with E-state index >= 15 is 0 Å². The molecule has 0 amide bonds. The lowest BCUT2D eigenvalue weighted by Crippen LogP contribution is -2.55. The van der Waals surface area contributed by atoms with E-state index < -0.39 is 0 Å². The molecular weight excluding hydrogens is 220 g/mol. The molecule has 18 heavy (non-hydrogen) atoms. The van der Waals surface area contributed by atoms with Crippen molar-refractivity contribution in [3.8, 4) is 0 Å². The number of nitrogens with zero attached hydrogens (tertiary/aromatic N) is 1. The fraction of sp³-hybridized carbons (Fsp3) is 0.500. The molecule has 1 unspecified atom stereocenters. The SMILES string of the molecule is C=C1NC(C2=CC=CC=C(C)C2)CC(C)(C)N1C. The van der Waals surface area contributed by atoms with E-state index in [1.165, 1.54) is 11.1 Å². The van der Waals surface area contributed by atoms with Crippen molar-refractivity contribution in [2.24, 2.45) is 0 Å². The number of hydrogen-bond donors (Lipinski definition) is 1. The number of nitrogens with one attached hydrogen (secondary N) is 1. The summed E-state index contributed by atoms with van der Waals surface area (Å²) in [7, 11) is 2.11. The summed E-state index contributed by atoms with van der Waals surface area (Å²) in [6.45, 7) is 10.9. The Hall–Kier alpha value is -1.44. The molecule has 0 aromatic heterocycles. The fourth-order valence-corrected chi connectivity index (χ4v) is 2.65. The average Bonchev–Trinajstić information content (AvgIpc) is 2.50. The van der Waals surface area contributed by atoms with Gasteiger partial charge in [-0.3, -0.25) is 0 Å². The second-order valence-corrected chi connectivity index (χ2v) is 6.04. The molecule has 2 aliphatic rings. The van der Waals surface area contributed by atoms with Crippen LogP contribution in [-0.4, -0.2) is 23.5 Å². The van der Waals surface area contributed by atoms with Gasteiger partial charge in [-0.05, 0) is 39.2 Å². The maximum Gasteiger partial charge on any atom is 0.0945 e. The number of rotatable bonds is 1. The minimum Gasteiger partial charge on any atom is -0.366 e. The summed E-state index contributed by atoms with van der Waals surface area (Å²) in [6.07, 6.45) is 10.9. The molecule has 0 radical (unpaired) electrons. The van der Waals surface area contributed by atoms with Gasteiger partial charge in [0.15, 0.2) is 0 Å². The van der Waals surface area contributed by atoms with Gasteiger partial charge in [-0.25, -0.2) is 0 Å². The normalized spacial score (nSPS) is 27.2. The first-order valence-electron chi connectivity index (χ1n) is 6.62. The van der Waals surface area contributed by atoms with Crippen LogP contribution in [0.15, 0.2) is 47.9 Å². The molecule has 0 spiro atoms. The van der Waals surface area contributed by atoms with Gasteiger partial charge in [-0.15, -0.1) is 0 Å². The second-order valence-electron chi connectivity index (χ2n) is 6.04. The molecule has 98 valence electrons. The van der Waals surface area contributed by atoms with Crippen molar-refractivity contribution in [2.75, 3.05) is 7.05 Å². The minimum absolute atomic E-state index is 0.154. The predicted molar refractivity (Wildman–Crippen MR) is 78.1 cm³/mol. The van der Waals surface area contributed by atoms with Gasteiger partial charge in [-0.2, -0.15) is 0 Å². The molecule has 1 aliphatic heterocycles. The Kier molecular flexibility index (Phi) is 3.38. The van der Waals surface area contributed by atoms with Crippen molar-refractivity contribution in [1.29, 1.82) is 0 Å². The maximum atomic E-state index is 4.13. The number of hydrogen-bond acceptors (Lipinski definition) is 2. The van der Waals surface area contributed by atoms with Crippen molar-refractivity contribution in [1.82, 2.24) is 10.2 Å². The van der Waals surface area contributed by atoms with Crippen LogP contribution in [0.4, 0.5) is 0 Å². The highest BCUT2D eigenvalue weighted by Crippen LogP contribution is 2.32. The van der Waals surface area contributed by atoms with E-state index in [0.717, 1.165) is 18.7 Å². The highest BCUT2D eigenvalue weighted by atomic mass is 15.3. The van der Waals surface area contributed by atoms with Crippen LogP contribution >= 0.6 is 0 Å². The summed E-state index contributed by atoms with van der Waals surface area (Å²) in [6, 6.07) is 0.398. The molecule has 1 atom stereocenters. The van der Waals surface area contributed by atoms with Gasteiger partial charge in [0.2, 0.25) is 0 Å². The Morgan fingerprint density at radius 2 is 2.00 bits per heavy atom. The monoisotopic (exact) mass is 244 g/mol.